The molecule has 0 spiro atoms. The highest BCUT2D eigenvalue weighted by Crippen LogP contribution is 2.23. The van der Waals surface area contributed by atoms with E-state index in [1.165, 1.54) is 186 Å². The summed E-state index contributed by atoms with van der Waals surface area (Å²) in [5, 5.41) is 54.4. The molecule has 0 aromatic heterocycles. The molecule has 1 rings (SSSR count). The lowest BCUT2D eigenvalue weighted by Gasteiger charge is -2.40. The lowest BCUT2D eigenvalue weighted by Crippen LogP contribution is -2.60. The zero-order valence-corrected chi connectivity index (χ0v) is 50.8. The molecular weight excluding hydrogens is 991 g/mol. The van der Waals surface area contributed by atoms with Crippen molar-refractivity contribution in [3.05, 3.63) is 60.8 Å². The van der Waals surface area contributed by atoms with Crippen molar-refractivity contribution in [1.29, 1.82) is 0 Å². The highest BCUT2D eigenvalue weighted by Gasteiger charge is 2.44. The number of rotatable bonds is 57. The molecule has 0 radical (unpaired) electrons. The van der Waals surface area contributed by atoms with E-state index in [-0.39, 0.29) is 18.5 Å². The number of nitrogens with one attached hydrogen (secondary N) is 1. The van der Waals surface area contributed by atoms with Crippen LogP contribution in [-0.4, -0.2) is 100 Å². The molecular formula is C68H123NO10. The maximum Gasteiger partial charge on any atom is 0.305 e. The van der Waals surface area contributed by atoms with Gasteiger partial charge in [0.05, 0.1) is 32.0 Å². The molecule has 7 atom stereocenters. The molecule has 0 saturated carbocycles. The Morgan fingerprint density at radius 2 is 0.861 bits per heavy atom. The SMILES string of the molecule is CCCCC/C=C\CCCCCCCC(=O)OCCCCCCCCCCC/C=C\C/C=C\CCCCCCCCCCCC(=O)NC(COC1OC(CO)C(O)C(O)C1O)C(O)/C=C/CC/C=C/CCCCCCCCCC. The molecule has 1 heterocycles. The number of aliphatic hydroxyl groups excluding tert-OH is 5. The van der Waals surface area contributed by atoms with E-state index in [9.17, 15) is 35.1 Å². The summed E-state index contributed by atoms with van der Waals surface area (Å²) in [5.74, 6) is -0.211. The van der Waals surface area contributed by atoms with E-state index in [0.717, 1.165) is 83.5 Å². The van der Waals surface area contributed by atoms with Gasteiger partial charge in [-0.15, -0.1) is 0 Å². The summed E-state index contributed by atoms with van der Waals surface area (Å²) in [7, 11) is 0. The van der Waals surface area contributed by atoms with Gasteiger partial charge in [0.2, 0.25) is 5.91 Å². The molecule has 0 aliphatic carbocycles. The minimum Gasteiger partial charge on any atom is -0.466 e. The number of allylic oxidation sites excluding steroid dienone is 9. The van der Waals surface area contributed by atoms with Gasteiger partial charge in [-0.25, -0.2) is 0 Å². The fourth-order valence-corrected chi connectivity index (χ4v) is 10.1. The normalized spacial score (nSPS) is 18.8. The zero-order valence-electron chi connectivity index (χ0n) is 50.8. The number of carbonyl (C=O) groups excluding carboxylic acids is 2. The van der Waals surface area contributed by atoms with Gasteiger partial charge in [0, 0.05) is 12.8 Å². The highest BCUT2D eigenvalue weighted by atomic mass is 16.7. The molecule has 11 nitrogen and oxygen atoms in total. The second kappa shape index (κ2) is 57.2. The van der Waals surface area contributed by atoms with Crippen LogP contribution in [0.2, 0.25) is 0 Å². The van der Waals surface area contributed by atoms with Gasteiger partial charge in [-0.1, -0.05) is 242 Å². The Morgan fingerprint density at radius 3 is 1.35 bits per heavy atom. The molecule has 0 bridgehead atoms. The van der Waals surface area contributed by atoms with Gasteiger partial charge in [0.25, 0.3) is 0 Å². The summed E-state index contributed by atoms with van der Waals surface area (Å²) in [6.45, 7) is 4.30. The second-order valence-electron chi connectivity index (χ2n) is 22.8. The Hall–Kier alpha value is -2.64. The lowest BCUT2D eigenvalue weighted by molar-refractivity contribution is -0.302. The summed E-state index contributed by atoms with van der Waals surface area (Å²) >= 11 is 0. The van der Waals surface area contributed by atoms with Gasteiger partial charge >= 0.3 is 5.97 Å². The van der Waals surface area contributed by atoms with Gasteiger partial charge in [-0.3, -0.25) is 9.59 Å². The number of ether oxygens (including phenoxy) is 3. The molecule has 6 N–H and O–H groups in total. The van der Waals surface area contributed by atoms with Crippen molar-refractivity contribution in [3.8, 4) is 0 Å². The molecule has 7 unspecified atom stereocenters. The Morgan fingerprint density at radius 1 is 0.468 bits per heavy atom. The van der Waals surface area contributed by atoms with Crippen molar-refractivity contribution in [2.45, 2.75) is 339 Å². The number of unbranched alkanes of at least 4 members (excludes halogenated alkanes) is 35. The monoisotopic (exact) mass is 1110 g/mol. The minimum atomic E-state index is -1.58. The third-order valence-corrected chi connectivity index (χ3v) is 15.3. The maximum atomic E-state index is 13.1. The van der Waals surface area contributed by atoms with Gasteiger partial charge in [0.1, 0.15) is 24.4 Å². The summed E-state index contributed by atoms with van der Waals surface area (Å²) in [6.07, 6.45) is 64.7. The predicted octanol–water partition coefficient (Wildman–Crippen LogP) is 16.2. The first-order valence-electron chi connectivity index (χ1n) is 33.1. The number of amides is 1. The van der Waals surface area contributed by atoms with Crippen molar-refractivity contribution in [1.82, 2.24) is 5.32 Å². The zero-order chi connectivity index (χ0) is 57.3. The maximum absolute atomic E-state index is 13.1. The molecule has 79 heavy (non-hydrogen) atoms. The lowest BCUT2D eigenvalue weighted by atomic mass is 9.99. The fourth-order valence-electron chi connectivity index (χ4n) is 10.1. The van der Waals surface area contributed by atoms with Crippen LogP contribution in [0.4, 0.5) is 0 Å². The Kier molecular flexibility index (Phi) is 53.8. The van der Waals surface area contributed by atoms with Crippen LogP contribution in [0.25, 0.3) is 0 Å². The van der Waals surface area contributed by atoms with E-state index in [2.05, 4.69) is 67.8 Å². The van der Waals surface area contributed by atoms with E-state index < -0.39 is 49.5 Å². The van der Waals surface area contributed by atoms with Crippen LogP contribution < -0.4 is 5.32 Å². The average molecular weight is 1110 g/mol. The van der Waals surface area contributed by atoms with Gasteiger partial charge < -0.3 is 45.1 Å². The predicted molar refractivity (Wildman–Crippen MR) is 329 cm³/mol. The fraction of sp³-hybridized carbons (Fsp3) is 0.824. The standard InChI is InChI=1S/C68H123NO10/c1-3-5-7-9-11-13-15-17-31-34-38-42-46-50-54-61(71)60(59-78-68-67(76)66(75)65(74)62(58-70)79-68)69-63(72)55-51-47-43-39-35-32-29-27-25-23-21-19-18-20-22-24-26-28-30-33-37-41-45-49-53-57-77-64(73)56-52-48-44-40-36-16-14-12-10-8-6-4-2/h12,14,19-22,34,38,50,54,60-62,65-68,70-71,74-76H,3-11,13,15-18,23-33,35-37,39-49,51-53,55-59H2,1-2H3,(H,69,72)/b14-12-,21-19-,22-20-,38-34+,54-50+. The van der Waals surface area contributed by atoms with Crippen molar-refractivity contribution in [2.75, 3.05) is 19.8 Å². The van der Waals surface area contributed by atoms with Crippen LogP contribution in [-0.2, 0) is 23.8 Å². The average Bonchev–Trinajstić information content (AvgIpc) is 3.47. The minimum absolute atomic E-state index is 0.0125. The smallest absolute Gasteiger partial charge is 0.305 e. The number of carbonyl (C=O) groups is 2. The van der Waals surface area contributed by atoms with Crippen LogP contribution in [0.1, 0.15) is 296 Å². The van der Waals surface area contributed by atoms with E-state index in [1.807, 2.05) is 6.08 Å². The van der Waals surface area contributed by atoms with Crippen molar-refractivity contribution in [2.24, 2.45) is 0 Å². The molecule has 460 valence electrons. The highest BCUT2D eigenvalue weighted by molar-refractivity contribution is 5.76. The number of hydrogen-bond donors (Lipinski definition) is 6. The molecule has 1 fully saturated rings. The molecule has 1 amide bonds. The van der Waals surface area contributed by atoms with Crippen LogP contribution in [0.5, 0.6) is 0 Å². The van der Waals surface area contributed by atoms with Gasteiger partial charge in [-0.05, 0) is 103 Å². The number of aliphatic hydroxyl groups is 5. The largest absolute Gasteiger partial charge is 0.466 e. The second-order valence-corrected chi connectivity index (χ2v) is 22.8. The van der Waals surface area contributed by atoms with Crippen molar-refractivity contribution in [3.63, 3.8) is 0 Å². The third kappa shape index (κ3) is 46.5. The topological polar surface area (TPSA) is 175 Å². The molecule has 1 aliphatic heterocycles. The van der Waals surface area contributed by atoms with Crippen LogP contribution in [0.3, 0.4) is 0 Å². The van der Waals surface area contributed by atoms with E-state index in [4.69, 9.17) is 14.2 Å². The number of esters is 1. The Balaban J connectivity index is 2.07. The molecule has 1 saturated heterocycles. The molecule has 11 heteroatoms. The van der Waals surface area contributed by atoms with Crippen LogP contribution >= 0.6 is 0 Å². The van der Waals surface area contributed by atoms with Crippen LogP contribution in [0, 0.1) is 0 Å². The van der Waals surface area contributed by atoms with Gasteiger partial charge in [-0.2, -0.15) is 0 Å². The third-order valence-electron chi connectivity index (χ3n) is 15.3. The summed E-state index contributed by atoms with van der Waals surface area (Å²) < 4.78 is 16.7. The Bertz CT molecular complexity index is 1500. The van der Waals surface area contributed by atoms with E-state index in [0.29, 0.717) is 19.4 Å². The summed E-state index contributed by atoms with van der Waals surface area (Å²) in [4.78, 5) is 25.1. The van der Waals surface area contributed by atoms with E-state index in [1.54, 1.807) is 6.08 Å². The number of hydrogen-bond acceptors (Lipinski definition) is 10. The van der Waals surface area contributed by atoms with E-state index >= 15 is 0 Å². The molecule has 0 aromatic carbocycles. The molecule has 0 aromatic rings. The van der Waals surface area contributed by atoms with Crippen LogP contribution in [0.15, 0.2) is 60.8 Å². The van der Waals surface area contributed by atoms with Crippen molar-refractivity contribution < 1.29 is 49.3 Å². The summed E-state index contributed by atoms with van der Waals surface area (Å²) in [5.41, 5.74) is 0. The van der Waals surface area contributed by atoms with Gasteiger partial charge in [0.15, 0.2) is 6.29 Å². The quantitative estimate of drug-likeness (QED) is 0.0195. The first kappa shape index (κ1) is 74.4. The summed E-state index contributed by atoms with van der Waals surface area (Å²) in [6, 6.07) is -0.834. The first-order valence-corrected chi connectivity index (χ1v) is 33.1. The molecule has 1 aliphatic rings. The van der Waals surface area contributed by atoms with Crippen molar-refractivity contribution >= 4 is 11.9 Å². The Labute approximate surface area is 484 Å². The first-order chi connectivity index (χ1) is 38.7.